The Bertz CT molecular complexity index is 1090. The van der Waals surface area contributed by atoms with Crippen LogP contribution in [0.4, 0.5) is 13.2 Å². The maximum absolute atomic E-state index is 12.1. The van der Waals surface area contributed by atoms with E-state index in [4.69, 9.17) is 33.1 Å². The van der Waals surface area contributed by atoms with E-state index in [0.717, 1.165) is 11.1 Å². The average molecular weight is 517 g/mol. The maximum Gasteiger partial charge on any atom is 0.490 e. The summed E-state index contributed by atoms with van der Waals surface area (Å²) in [5.74, 6) is -4.32. The van der Waals surface area contributed by atoms with Crippen LogP contribution in [0.25, 0.3) is 0 Å². The van der Waals surface area contributed by atoms with Crippen molar-refractivity contribution in [1.29, 1.82) is 5.26 Å². The molecule has 1 fully saturated rings. The van der Waals surface area contributed by atoms with E-state index in [1.165, 1.54) is 0 Å². The monoisotopic (exact) mass is 516 g/mol. The third kappa shape index (κ3) is 5.63. The fourth-order valence-electron chi connectivity index (χ4n) is 4.25. The Morgan fingerprint density at radius 2 is 1.65 bits per heavy atom. The molecule has 6 nitrogen and oxygen atoms in total. The number of hydrogen-bond donors (Lipinski definition) is 3. The number of hydrogen-bond acceptors (Lipinski definition) is 4. The highest BCUT2D eigenvalue weighted by atomic mass is 35.5. The number of carboxylic acids is 2. The van der Waals surface area contributed by atoms with E-state index in [9.17, 15) is 28.3 Å². The summed E-state index contributed by atoms with van der Waals surface area (Å²) in [7, 11) is 0. The minimum Gasteiger partial charge on any atom is -0.480 e. The van der Waals surface area contributed by atoms with Crippen molar-refractivity contribution >= 4 is 35.1 Å². The highest BCUT2D eigenvalue weighted by Gasteiger charge is 2.60. The van der Waals surface area contributed by atoms with Crippen LogP contribution in [0.15, 0.2) is 48.5 Å². The summed E-state index contributed by atoms with van der Waals surface area (Å²) in [5.41, 5.74) is 0.392. The predicted molar refractivity (Wildman–Crippen MR) is 120 cm³/mol. The van der Waals surface area contributed by atoms with Gasteiger partial charge in [0.25, 0.3) is 0 Å². The molecule has 3 N–H and O–H groups in total. The summed E-state index contributed by atoms with van der Waals surface area (Å²) in [5, 5.41) is 31.7. The number of nitrogens with zero attached hydrogens (tertiary/aromatic N) is 1. The number of rotatable bonds is 4. The number of carboxylic acid groups (broad SMARTS) is 2. The van der Waals surface area contributed by atoms with Gasteiger partial charge in [0.05, 0.1) is 6.07 Å². The van der Waals surface area contributed by atoms with Crippen molar-refractivity contribution in [3.05, 3.63) is 69.7 Å². The third-order valence-electron chi connectivity index (χ3n) is 5.56. The standard InChI is InChI=1S/C21H20Cl2N2O2.C2HF3O2/c1-12(2)19-21(11-24,14-6-8-15(22)9-7-14)17(18(25-19)20(26)27)13-4-3-5-16(23)10-13;3-2(4,5)1(6)7/h3-10,12,17-19,25H,1-2H3,(H,26,27);(H,6,7). The van der Waals surface area contributed by atoms with Crippen LogP contribution in [-0.2, 0) is 15.0 Å². The summed E-state index contributed by atoms with van der Waals surface area (Å²) in [6.45, 7) is 3.97. The minimum atomic E-state index is -5.08. The topological polar surface area (TPSA) is 110 Å². The first-order valence-corrected chi connectivity index (χ1v) is 10.7. The second-order valence-corrected chi connectivity index (χ2v) is 8.90. The fourth-order valence-corrected chi connectivity index (χ4v) is 4.58. The Labute approximate surface area is 203 Å². The summed E-state index contributed by atoms with van der Waals surface area (Å²) >= 11 is 12.2. The molecule has 2 aromatic rings. The summed E-state index contributed by atoms with van der Waals surface area (Å²) in [6.07, 6.45) is -5.08. The van der Waals surface area contributed by atoms with Gasteiger partial charge in [0.15, 0.2) is 0 Å². The van der Waals surface area contributed by atoms with E-state index in [1.807, 2.05) is 32.0 Å². The first-order valence-electron chi connectivity index (χ1n) is 9.97. The van der Waals surface area contributed by atoms with Gasteiger partial charge in [-0.25, -0.2) is 4.79 Å². The molecule has 4 atom stereocenters. The first kappa shape index (κ1) is 27.4. The normalized spacial score (nSPS) is 24.1. The molecule has 0 aromatic heterocycles. The van der Waals surface area contributed by atoms with E-state index in [2.05, 4.69) is 11.4 Å². The van der Waals surface area contributed by atoms with Crippen LogP contribution in [0.1, 0.15) is 30.9 Å². The van der Waals surface area contributed by atoms with Gasteiger partial charge < -0.3 is 10.2 Å². The van der Waals surface area contributed by atoms with Crippen molar-refractivity contribution in [2.24, 2.45) is 5.92 Å². The van der Waals surface area contributed by atoms with Crippen molar-refractivity contribution in [3.8, 4) is 6.07 Å². The minimum absolute atomic E-state index is 0.0337. The highest BCUT2D eigenvalue weighted by molar-refractivity contribution is 6.30. The van der Waals surface area contributed by atoms with Crippen LogP contribution in [0.3, 0.4) is 0 Å². The number of aliphatic carboxylic acids is 2. The molecule has 1 saturated heterocycles. The SMILES string of the molecule is CC(C)C1NC(C(=O)O)C(c2cccc(Cl)c2)C1(C#N)c1ccc(Cl)cc1.O=C(O)C(F)(F)F. The van der Waals surface area contributed by atoms with Gasteiger partial charge in [-0.15, -0.1) is 0 Å². The Balaban J connectivity index is 0.000000509. The average Bonchev–Trinajstić information content (AvgIpc) is 3.11. The van der Waals surface area contributed by atoms with Crippen LogP contribution in [0.2, 0.25) is 10.0 Å². The summed E-state index contributed by atoms with van der Waals surface area (Å²) < 4.78 is 31.7. The molecule has 0 amide bonds. The molecule has 1 aliphatic rings. The van der Waals surface area contributed by atoms with E-state index < -0.39 is 35.5 Å². The highest BCUT2D eigenvalue weighted by Crippen LogP contribution is 2.50. The number of nitrogens with one attached hydrogen (secondary N) is 1. The zero-order chi connectivity index (χ0) is 25.8. The Kier molecular flexibility index (Phi) is 8.59. The second-order valence-electron chi connectivity index (χ2n) is 8.03. The van der Waals surface area contributed by atoms with Gasteiger partial charge in [0.1, 0.15) is 11.5 Å². The van der Waals surface area contributed by atoms with Crippen LogP contribution in [0, 0.1) is 17.2 Å². The van der Waals surface area contributed by atoms with Gasteiger partial charge in [-0.1, -0.05) is 61.3 Å². The van der Waals surface area contributed by atoms with Gasteiger partial charge in [-0.05, 0) is 41.3 Å². The Morgan fingerprint density at radius 3 is 2.06 bits per heavy atom. The lowest BCUT2D eigenvalue weighted by Gasteiger charge is -2.36. The maximum atomic E-state index is 12.1. The van der Waals surface area contributed by atoms with E-state index in [0.29, 0.717) is 10.0 Å². The van der Waals surface area contributed by atoms with Crippen molar-refractivity contribution in [2.45, 2.75) is 43.4 Å². The smallest absolute Gasteiger partial charge is 0.480 e. The quantitative estimate of drug-likeness (QED) is 0.511. The zero-order valence-corrected chi connectivity index (χ0v) is 19.5. The molecule has 11 heteroatoms. The van der Waals surface area contributed by atoms with E-state index >= 15 is 0 Å². The number of carbonyl (C=O) groups is 2. The van der Waals surface area contributed by atoms with Gasteiger partial charge in [-0.3, -0.25) is 10.1 Å². The third-order valence-corrected chi connectivity index (χ3v) is 6.05. The predicted octanol–water partition coefficient (Wildman–Crippen LogP) is 5.25. The van der Waals surface area contributed by atoms with Gasteiger partial charge in [0.2, 0.25) is 0 Å². The second kappa shape index (κ2) is 10.6. The molecule has 0 bridgehead atoms. The lowest BCUT2D eigenvalue weighted by atomic mass is 9.63. The Hall–Kier alpha value is -2.80. The molecule has 34 heavy (non-hydrogen) atoms. The summed E-state index contributed by atoms with van der Waals surface area (Å²) in [6, 6.07) is 15.4. The van der Waals surface area contributed by atoms with Crippen LogP contribution < -0.4 is 5.32 Å². The largest absolute Gasteiger partial charge is 0.490 e. The molecule has 1 heterocycles. The van der Waals surface area contributed by atoms with Crippen molar-refractivity contribution in [3.63, 3.8) is 0 Å². The molecule has 2 aromatic carbocycles. The molecule has 0 radical (unpaired) electrons. The van der Waals surface area contributed by atoms with Crippen molar-refractivity contribution < 1.29 is 33.0 Å². The number of nitriles is 1. The first-order chi connectivity index (χ1) is 15.7. The fraction of sp³-hybridized carbons (Fsp3) is 0.348. The molecular weight excluding hydrogens is 496 g/mol. The number of benzene rings is 2. The van der Waals surface area contributed by atoms with E-state index in [1.54, 1.807) is 30.3 Å². The molecule has 182 valence electrons. The number of halogens is 5. The lowest BCUT2D eigenvalue weighted by Crippen LogP contribution is -2.45. The van der Waals surface area contributed by atoms with Crippen LogP contribution in [-0.4, -0.2) is 40.4 Å². The lowest BCUT2D eigenvalue weighted by molar-refractivity contribution is -0.192. The molecule has 1 aliphatic heterocycles. The van der Waals surface area contributed by atoms with Gasteiger partial charge >= 0.3 is 18.1 Å². The van der Waals surface area contributed by atoms with Gasteiger partial charge in [0, 0.05) is 22.0 Å². The van der Waals surface area contributed by atoms with Crippen LogP contribution >= 0.6 is 23.2 Å². The van der Waals surface area contributed by atoms with Gasteiger partial charge in [-0.2, -0.15) is 18.4 Å². The van der Waals surface area contributed by atoms with E-state index in [-0.39, 0.29) is 12.0 Å². The molecule has 3 rings (SSSR count). The number of alkyl halides is 3. The van der Waals surface area contributed by atoms with Crippen molar-refractivity contribution in [2.75, 3.05) is 0 Å². The molecule has 0 saturated carbocycles. The molecule has 0 spiro atoms. The Morgan fingerprint density at radius 1 is 1.09 bits per heavy atom. The molecule has 4 unspecified atom stereocenters. The molecule has 0 aliphatic carbocycles. The van der Waals surface area contributed by atoms with Crippen LogP contribution in [0.5, 0.6) is 0 Å². The van der Waals surface area contributed by atoms with Crippen molar-refractivity contribution in [1.82, 2.24) is 5.32 Å². The zero-order valence-electron chi connectivity index (χ0n) is 18.0. The summed E-state index contributed by atoms with van der Waals surface area (Å²) in [4.78, 5) is 21.0. The molecular formula is C23H21Cl2F3N2O4.